The minimum absolute atomic E-state index is 0.0684. The molecule has 0 heterocycles. The average molecular weight is 308 g/mol. The maximum Gasteiger partial charge on any atom is 0.310 e. The van der Waals surface area contributed by atoms with Crippen LogP contribution in [-0.4, -0.2) is 21.5 Å². The third kappa shape index (κ3) is 3.29. The van der Waals surface area contributed by atoms with Crippen molar-refractivity contribution in [2.24, 2.45) is 5.14 Å². The van der Waals surface area contributed by atoms with Gasteiger partial charge in [-0.25, -0.2) is 13.6 Å². The lowest BCUT2D eigenvalue weighted by Crippen LogP contribution is -2.16. The second kappa shape index (κ2) is 4.94. The van der Waals surface area contributed by atoms with E-state index in [1.165, 1.54) is 19.2 Å². The zero-order chi connectivity index (χ0) is 12.3. The SMILES string of the molecule is COC(=O)Cc1cc(Br)ccc1S(N)(=O)=O. The van der Waals surface area contributed by atoms with Crippen molar-refractivity contribution in [2.45, 2.75) is 11.3 Å². The van der Waals surface area contributed by atoms with E-state index in [2.05, 4.69) is 20.7 Å². The van der Waals surface area contributed by atoms with Crippen molar-refractivity contribution >= 4 is 31.9 Å². The first-order valence-corrected chi connectivity index (χ1v) is 6.56. The Morgan fingerprint density at radius 1 is 1.50 bits per heavy atom. The number of methoxy groups -OCH3 is 1. The predicted octanol–water partition coefficient (Wildman–Crippen LogP) is 0.812. The van der Waals surface area contributed by atoms with Gasteiger partial charge < -0.3 is 4.74 Å². The molecule has 0 bridgehead atoms. The summed E-state index contributed by atoms with van der Waals surface area (Å²) >= 11 is 3.19. The van der Waals surface area contributed by atoms with Gasteiger partial charge in [0.2, 0.25) is 10.0 Å². The Balaban J connectivity index is 3.24. The highest BCUT2D eigenvalue weighted by atomic mass is 79.9. The topological polar surface area (TPSA) is 86.5 Å². The van der Waals surface area contributed by atoms with Gasteiger partial charge in [0.1, 0.15) is 0 Å². The van der Waals surface area contributed by atoms with Crippen molar-refractivity contribution < 1.29 is 17.9 Å². The summed E-state index contributed by atoms with van der Waals surface area (Å²) in [6, 6.07) is 4.41. The molecule has 0 saturated carbocycles. The van der Waals surface area contributed by atoms with Gasteiger partial charge in [-0.1, -0.05) is 15.9 Å². The van der Waals surface area contributed by atoms with E-state index in [0.717, 1.165) is 0 Å². The van der Waals surface area contributed by atoms with Crippen LogP contribution in [0.2, 0.25) is 0 Å². The third-order valence-electron chi connectivity index (χ3n) is 1.89. The van der Waals surface area contributed by atoms with Crippen molar-refractivity contribution in [3.05, 3.63) is 28.2 Å². The molecule has 1 aromatic carbocycles. The highest BCUT2D eigenvalue weighted by Gasteiger charge is 2.16. The van der Waals surface area contributed by atoms with Crippen molar-refractivity contribution in [2.75, 3.05) is 7.11 Å². The molecule has 1 rings (SSSR count). The molecule has 0 saturated heterocycles. The zero-order valence-electron chi connectivity index (χ0n) is 8.44. The summed E-state index contributed by atoms with van der Waals surface area (Å²) in [4.78, 5) is 11.0. The van der Waals surface area contributed by atoms with E-state index in [1.807, 2.05) is 0 Å². The lowest BCUT2D eigenvalue weighted by molar-refractivity contribution is -0.139. The molecule has 0 atom stereocenters. The van der Waals surface area contributed by atoms with Gasteiger partial charge in [0.15, 0.2) is 0 Å². The molecule has 0 amide bonds. The maximum atomic E-state index is 11.2. The van der Waals surface area contributed by atoms with Crippen LogP contribution in [0.1, 0.15) is 5.56 Å². The second-order valence-electron chi connectivity index (χ2n) is 3.05. The Hall–Kier alpha value is -0.920. The molecular weight excluding hydrogens is 298 g/mol. The number of esters is 1. The minimum Gasteiger partial charge on any atom is -0.469 e. The van der Waals surface area contributed by atoms with Gasteiger partial charge in [-0.2, -0.15) is 0 Å². The molecule has 0 aliphatic heterocycles. The molecule has 5 nitrogen and oxygen atoms in total. The van der Waals surface area contributed by atoms with Crippen LogP contribution >= 0.6 is 15.9 Å². The molecule has 2 N–H and O–H groups in total. The first-order valence-electron chi connectivity index (χ1n) is 4.22. The molecule has 0 radical (unpaired) electrons. The van der Waals surface area contributed by atoms with Gasteiger partial charge in [-0.05, 0) is 23.8 Å². The Morgan fingerprint density at radius 2 is 2.12 bits per heavy atom. The highest BCUT2D eigenvalue weighted by molar-refractivity contribution is 9.10. The van der Waals surface area contributed by atoms with Crippen LogP contribution in [0.15, 0.2) is 27.6 Å². The van der Waals surface area contributed by atoms with E-state index >= 15 is 0 Å². The van der Waals surface area contributed by atoms with E-state index in [4.69, 9.17) is 5.14 Å². The molecule has 0 spiro atoms. The van der Waals surface area contributed by atoms with Gasteiger partial charge in [0, 0.05) is 4.47 Å². The van der Waals surface area contributed by atoms with E-state index in [9.17, 15) is 13.2 Å². The number of hydrogen-bond donors (Lipinski definition) is 1. The summed E-state index contributed by atoms with van der Waals surface area (Å²) in [7, 11) is -2.60. The van der Waals surface area contributed by atoms with E-state index in [0.29, 0.717) is 10.0 Å². The Labute approximate surface area is 102 Å². The van der Waals surface area contributed by atoms with Crippen LogP contribution in [0.3, 0.4) is 0 Å². The molecule has 0 unspecified atom stereocenters. The van der Waals surface area contributed by atoms with E-state index in [-0.39, 0.29) is 11.3 Å². The fraction of sp³-hybridized carbons (Fsp3) is 0.222. The normalized spacial score (nSPS) is 11.2. The molecular formula is C9H10BrNO4S. The number of carbonyl (C=O) groups excluding carboxylic acids is 1. The van der Waals surface area contributed by atoms with Crippen LogP contribution in [0, 0.1) is 0 Å². The van der Waals surface area contributed by atoms with Crippen molar-refractivity contribution in [3.8, 4) is 0 Å². The number of rotatable bonds is 3. The number of primary sulfonamides is 1. The zero-order valence-corrected chi connectivity index (χ0v) is 10.8. The average Bonchev–Trinajstić information content (AvgIpc) is 2.15. The number of carbonyl (C=O) groups is 1. The Kier molecular flexibility index (Phi) is 4.06. The lowest BCUT2D eigenvalue weighted by Gasteiger charge is -2.07. The molecule has 0 aliphatic carbocycles. The minimum atomic E-state index is -3.83. The first-order chi connectivity index (χ1) is 7.34. The number of sulfonamides is 1. The summed E-state index contributed by atoms with van der Waals surface area (Å²) in [5.41, 5.74) is 0.309. The highest BCUT2D eigenvalue weighted by Crippen LogP contribution is 2.20. The Morgan fingerprint density at radius 3 is 2.62 bits per heavy atom. The summed E-state index contributed by atoms with van der Waals surface area (Å²) in [5, 5.41) is 5.03. The van der Waals surface area contributed by atoms with Gasteiger partial charge in [0.05, 0.1) is 18.4 Å². The number of halogens is 1. The van der Waals surface area contributed by atoms with Crippen LogP contribution in [0.4, 0.5) is 0 Å². The summed E-state index contributed by atoms with van der Waals surface area (Å²) in [5.74, 6) is -0.525. The Bertz CT molecular complexity index is 512. The molecule has 0 fully saturated rings. The summed E-state index contributed by atoms with van der Waals surface area (Å²) < 4.78 is 27.6. The molecule has 16 heavy (non-hydrogen) atoms. The third-order valence-corrected chi connectivity index (χ3v) is 3.40. The second-order valence-corrected chi connectivity index (χ2v) is 5.50. The fourth-order valence-electron chi connectivity index (χ4n) is 1.19. The van der Waals surface area contributed by atoms with E-state index < -0.39 is 16.0 Å². The molecule has 88 valence electrons. The van der Waals surface area contributed by atoms with E-state index in [1.54, 1.807) is 6.07 Å². The van der Waals surface area contributed by atoms with Gasteiger partial charge in [-0.3, -0.25) is 4.79 Å². The van der Waals surface area contributed by atoms with Crippen molar-refractivity contribution in [1.82, 2.24) is 0 Å². The molecule has 0 aliphatic rings. The van der Waals surface area contributed by atoms with Crippen molar-refractivity contribution in [1.29, 1.82) is 0 Å². The number of benzene rings is 1. The standard InChI is InChI=1S/C9H10BrNO4S/c1-15-9(12)5-6-4-7(10)2-3-8(6)16(11,13)14/h2-4H,5H2,1H3,(H2,11,13,14). The van der Waals surface area contributed by atoms with Gasteiger partial charge in [-0.15, -0.1) is 0 Å². The molecule has 0 aromatic heterocycles. The summed E-state index contributed by atoms with van der Waals surface area (Å²) in [6.07, 6.45) is -0.137. The maximum absolute atomic E-state index is 11.2. The lowest BCUT2D eigenvalue weighted by atomic mass is 10.1. The number of nitrogens with two attached hydrogens (primary N) is 1. The quantitative estimate of drug-likeness (QED) is 0.837. The summed E-state index contributed by atoms with van der Waals surface area (Å²) in [6.45, 7) is 0. The van der Waals surface area contributed by atoms with Crippen LogP contribution in [-0.2, 0) is 26.0 Å². The van der Waals surface area contributed by atoms with Crippen LogP contribution in [0.25, 0.3) is 0 Å². The van der Waals surface area contributed by atoms with Crippen LogP contribution < -0.4 is 5.14 Å². The number of hydrogen-bond acceptors (Lipinski definition) is 4. The monoisotopic (exact) mass is 307 g/mol. The fourth-order valence-corrected chi connectivity index (χ4v) is 2.35. The molecule has 1 aromatic rings. The van der Waals surface area contributed by atoms with Gasteiger partial charge >= 0.3 is 5.97 Å². The van der Waals surface area contributed by atoms with Crippen LogP contribution in [0.5, 0.6) is 0 Å². The largest absolute Gasteiger partial charge is 0.469 e. The molecule has 7 heteroatoms. The first kappa shape index (κ1) is 13.1. The van der Waals surface area contributed by atoms with Gasteiger partial charge in [0.25, 0.3) is 0 Å². The predicted molar refractivity (Wildman–Crippen MR) is 61.2 cm³/mol. The number of ether oxygens (including phenoxy) is 1. The van der Waals surface area contributed by atoms with Crippen molar-refractivity contribution in [3.63, 3.8) is 0 Å². The smallest absolute Gasteiger partial charge is 0.310 e.